The Kier molecular flexibility index (Phi) is 4.53. The first kappa shape index (κ1) is 17.1. The summed E-state index contributed by atoms with van der Waals surface area (Å²) in [6, 6.07) is 9.74. The van der Waals surface area contributed by atoms with Crippen LogP contribution >= 0.6 is 0 Å². The molecule has 3 rings (SSSR count). The van der Waals surface area contributed by atoms with E-state index in [4.69, 9.17) is 0 Å². The van der Waals surface area contributed by atoms with Crippen molar-refractivity contribution in [1.82, 2.24) is 0 Å². The summed E-state index contributed by atoms with van der Waals surface area (Å²) in [5, 5.41) is 0. The van der Waals surface area contributed by atoms with Crippen molar-refractivity contribution in [2.24, 2.45) is 5.92 Å². The molecule has 1 atom stereocenters. The van der Waals surface area contributed by atoms with Crippen molar-refractivity contribution in [3.8, 4) is 0 Å². The Morgan fingerprint density at radius 2 is 1.72 bits per heavy atom. The molecule has 0 fully saturated rings. The predicted octanol–water partition coefficient (Wildman–Crippen LogP) is 3.61. The van der Waals surface area contributed by atoms with Gasteiger partial charge in [0.2, 0.25) is 5.91 Å². The summed E-state index contributed by atoms with van der Waals surface area (Å²) in [4.78, 5) is 28.5. The minimum Gasteiger partial charge on any atom is -0.313 e. The highest BCUT2D eigenvalue weighted by molar-refractivity contribution is 6.11. The highest BCUT2D eigenvalue weighted by Crippen LogP contribution is 2.34. The highest BCUT2D eigenvalue weighted by atomic mass is 19.1. The first-order valence-corrected chi connectivity index (χ1v) is 8.07. The van der Waals surface area contributed by atoms with Crippen LogP contribution in [-0.4, -0.2) is 25.4 Å². The molecule has 0 aliphatic carbocycles. The van der Waals surface area contributed by atoms with Gasteiger partial charge in [-0.05, 0) is 30.7 Å². The molecule has 2 amide bonds. The summed E-state index contributed by atoms with van der Waals surface area (Å²) in [5.74, 6) is -2.64. The molecule has 0 aromatic heterocycles. The van der Waals surface area contributed by atoms with Gasteiger partial charge in [-0.15, -0.1) is 0 Å². The minimum absolute atomic E-state index is 0.0841. The second kappa shape index (κ2) is 6.63. The molecule has 2 aromatic carbocycles. The van der Waals surface area contributed by atoms with Crippen LogP contribution in [0, 0.1) is 17.6 Å². The van der Waals surface area contributed by atoms with Crippen LogP contribution in [0.4, 0.5) is 20.2 Å². The highest BCUT2D eigenvalue weighted by Gasteiger charge is 2.33. The van der Waals surface area contributed by atoms with E-state index >= 15 is 0 Å². The van der Waals surface area contributed by atoms with Crippen molar-refractivity contribution < 1.29 is 18.4 Å². The van der Waals surface area contributed by atoms with Crippen molar-refractivity contribution >= 4 is 23.2 Å². The van der Waals surface area contributed by atoms with Crippen molar-refractivity contribution in [2.75, 3.05) is 23.4 Å². The lowest BCUT2D eigenvalue weighted by molar-refractivity contribution is -0.121. The molecule has 1 aliphatic heterocycles. The van der Waals surface area contributed by atoms with E-state index in [-0.39, 0.29) is 23.9 Å². The number of rotatable bonds is 2. The quantitative estimate of drug-likeness (QED) is 0.835. The zero-order valence-electron chi connectivity index (χ0n) is 14.0. The number of halogens is 2. The summed E-state index contributed by atoms with van der Waals surface area (Å²) in [6.45, 7) is 2.03. The van der Waals surface area contributed by atoms with E-state index in [1.54, 1.807) is 31.3 Å². The summed E-state index contributed by atoms with van der Waals surface area (Å²) in [7, 11) is 1.67. The fourth-order valence-corrected chi connectivity index (χ4v) is 3.09. The number of amides is 2. The number of carbonyl (C=O) groups is 2. The molecule has 4 nitrogen and oxygen atoms in total. The number of carbonyl (C=O) groups excluding carboxylic acids is 2. The molecule has 130 valence electrons. The number of benzene rings is 2. The average Bonchev–Trinajstić information content (AvgIpc) is 2.70. The third-order valence-electron chi connectivity index (χ3n) is 4.46. The zero-order valence-corrected chi connectivity index (χ0v) is 14.0. The number of nitrogens with zero attached hydrogens (tertiary/aromatic N) is 2. The number of hydrogen-bond acceptors (Lipinski definition) is 2. The molecule has 0 radical (unpaired) electrons. The summed E-state index contributed by atoms with van der Waals surface area (Å²) in [6.07, 6.45) is 0.554. The molecule has 0 saturated heterocycles. The molecule has 0 spiro atoms. The van der Waals surface area contributed by atoms with Crippen molar-refractivity contribution in [3.63, 3.8) is 0 Å². The van der Waals surface area contributed by atoms with Crippen LogP contribution in [0.25, 0.3) is 0 Å². The van der Waals surface area contributed by atoms with Gasteiger partial charge in [0.25, 0.3) is 5.91 Å². The maximum atomic E-state index is 13.5. The van der Waals surface area contributed by atoms with Gasteiger partial charge in [-0.2, -0.15) is 0 Å². The minimum atomic E-state index is -0.813. The van der Waals surface area contributed by atoms with Gasteiger partial charge in [-0.1, -0.05) is 19.1 Å². The molecule has 0 saturated carbocycles. The lowest BCUT2D eigenvalue weighted by Gasteiger charge is -2.24. The second-order valence-corrected chi connectivity index (χ2v) is 6.07. The molecule has 2 aromatic rings. The van der Waals surface area contributed by atoms with Gasteiger partial charge in [0, 0.05) is 25.2 Å². The van der Waals surface area contributed by atoms with Crippen LogP contribution in [-0.2, 0) is 4.79 Å². The number of hydrogen-bond donors (Lipinski definition) is 0. The fraction of sp³-hybridized carbons (Fsp3) is 0.263. The first-order valence-electron chi connectivity index (χ1n) is 8.07. The van der Waals surface area contributed by atoms with E-state index < -0.39 is 17.5 Å². The lowest BCUT2D eigenvalue weighted by atomic mass is 10.0. The molecule has 6 heteroatoms. The van der Waals surface area contributed by atoms with Gasteiger partial charge in [-0.25, -0.2) is 8.78 Å². The smallest absolute Gasteiger partial charge is 0.258 e. The maximum Gasteiger partial charge on any atom is 0.258 e. The maximum absolute atomic E-state index is 13.5. The molecule has 0 N–H and O–H groups in total. The van der Waals surface area contributed by atoms with E-state index in [1.807, 2.05) is 6.92 Å². The van der Waals surface area contributed by atoms with E-state index in [1.165, 1.54) is 9.80 Å². The van der Waals surface area contributed by atoms with Crippen molar-refractivity contribution in [3.05, 3.63) is 59.7 Å². The van der Waals surface area contributed by atoms with E-state index in [9.17, 15) is 18.4 Å². The standard InChI is InChI=1S/C19H18F2N2O2/c1-3-12-11-23(19(25)13-8-14(20)10-15(21)9-13)17-7-5-4-6-16(17)22(2)18(12)24/h4-10,12H,3,11H2,1-2H3/t12-/m0/s1. The predicted molar refractivity (Wildman–Crippen MR) is 91.7 cm³/mol. The molecule has 0 unspecified atom stereocenters. The number of para-hydroxylation sites is 2. The largest absolute Gasteiger partial charge is 0.313 e. The molecule has 0 bridgehead atoms. The molecule has 25 heavy (non-hydrogen) atoms. The van der Waals surface area contributed by atoms with Gasteiger partial charge < -0.3 is 9.80 Å². The summed E-state index contributed by atoms with van der Waals surface area (Å²) < 4.78 is 27.1. The Bertz CT molecular complexity index is 818. The third-order valence-corrected chi connectivity index (χ3v) is 4.46. The van der Waals surface area contributed by atoms with Gasteiger partial charge in [0.15, 0.2) is 0 Å². The average molecular weight is 344 g/mol. The van der Waals surface area contributed by atoms with Gasteiger partial charge >= 0.3 is 0 Å². The van der Waals surface area contributed by atoms with Crippen molar-refractivity contribution in [2.45, 2.75) is 13.3 Å². The van der Waals surface area contributed by atoms with E-state index in [0.29, 0.717) is 17.8 Å². The Balaban J connectivity index is 2.11. The molecule has 1 aliphatic rings. The van der Waals surface area contributed by atoms with Gasteiger partial charge in [-0.3, -0.25) is 9.59 Å². The SMILES string of the molecule is CC[C@H]1CN(C(=O)c2cc(F)cc(F)c2)c2ccccc2N(C)C1=O. The van der Waals surface area contributed by atoms with Crippen LogP contribution < -0.4 is 9.80 Å². The van der Waals surface area contributed by atoms with Crippen LogP contribution in [0.2, 0.25) is 0 Å². The fourth-order valence-electron chi connectivity index (χ4n) is 3.09. The third kappa shape index (κ3) is 3.12. The molecular formula is C19H18F2N2O2. The summed E-state index contributed by atoms with van der Waals surface area (Å²) in [5.41, 5.74) is 1.05. The number of anilines is 2. The van der Waals surface area contributed by atoms with E-state index in [0.717, 1.165) is 18.2 Å². The van der Waals surface area contributed by atoms with Crippen molar-refractivity contribution in [1.29, 1.82) is 0 Å². The van der Waals surface area contributed by atoms with Crippen LogP contribution in [0.15, 0.2) is 42.5 Å². The van der Waals surface area contributed by atoms with Gasteiger partial charge in [0.05, 0.1) is 17.3 Å². The second-order valence-electron chi connectivity index (χ2n) is 6.07. The lowest BCUT2D eigenvalue weighted by Crippen LogP contribution is -2.38. The van der Waals surface area contributed by atoms with Crippen LogP contribution in [0.1, 0.15) is 23.7 Å². The monoisotopic (exact) mass is 344 g/mol. The normalized spacial score (nSPS) is 17.3. The Hall–Kier alpha value is -2.76. The topological polar surface area (TPSA) is 40.6 Å². The van der Waals surface area contributed by atoms with E-state index in [2.05, 4.69) is 0 Å². The zero-order chi connectivity index (χ0) is 18.1. The Labute approximate surface area is 144 Å². The molecular weight excluding hydrogens is 326 g/mol. The molecule has 1 heterocycles. The van der Waals surface area contributed by atoms with Gasteiger partial charge in [0.1, 0.15) is 11.6 Å². The number of fused-ring (bicyclic) bond motifs is 1. The summed E-state index contributed by atoms with van der Waals surface area (Å²) >= 11 is 0. The van der Waals surface area contributed by atoms with Crippen LogP contribution in [0.3, 0.4) is 0 Å². The van der Waals surface area contributed by atoms with Crippen LogP contribution in [0.5, 0.6) is 0 Å². The Morgan fingerprint density at radius 1 is 1.12 bits per heavy atom. The Morgan fingerprint density at radius 3 is 2.32 bits per heavy atom. The first-order chi connectivity index (χ1) is 11.9.